The Morgan fingerprint density at radius 2 is 1.92 bits per heavy atom. The molecule has 12 heavy (non-hydrogen) atoms. The van der Waals surface area contributed by atoms with Crippen LogP contribution in [0.3, 0.4) is 0 Å². The van der Waals surface area contributed by atoms with E-state index in [9.17, 15) is 8.42 Å². The van der Waals surface area contributed by atoms with Gasteiger partial charge in [-0.2, -0.15) is 8.42 Å². The van der Waals surface area contributed by atoms with E-state index in [0.29, 0.717) is 5.69 Å². The first-order valence-corrected chi connectivity index (χ1v) is 4.27. The zero-order valence-electron chi connectivity index (χ0n) is 6.56. The second-order valence-corrected chi connectivity index (χ2v) is 3.47. The molecule has 0 aliphatic carbocycles. The smallest absolute Gasteiger partial charge is 0.294 e. The fourth-order valence-corrected chi connectivity index (χ4v) is 1.21. The first-order valence-electron chi connectivity index (χ1n) is 2.83. The van der Waals surface area contributed by atoms with E-state index in [4.69, 9.17) is 10.3 Å². The molecule has 1 aromatic carbocycles. The molecule has 0 aliphatic heterocycles. The fraction of sp³-hybridized carbons (Fsp3) is 0. The Balaban J connectivity index is 0.00000121. The van der Waals surface area contributed by atoms with Crippen LogP contribution in [-0.2, 0) is 10.1 Å². The standard InChI is InChI=1S/C6H7NO3S.Na/c7-5-2-1-3-6(4-5)11(8,9)10;/h1-4H,7H2,(H,8,9,10);. The SMILES string of the molecule is Nc1cccc(S(=O)(=O)O)c1.[Na]. The molecule has 0 bridgehead atoms. The Hall–Kier alpha value is -0.0700. The van der Waals surface area contributed by atoms with Gasteiger partial charge < -0.3 is 5.73 Å². The van der Waals surface area contributed by atoms with Gasteiger partial charge >= 0.3 is 0 Å². The van der Waals surface area contributed by atoms with Crippen molar-refractivity contribution in [2.45, 2.75) is 4.90 Å². The average molecular weight is 196 g/mol. The number of anilines is 1. The number of nitrogens with two attached hydrogens (primary N) is 1. The molecule has 0 saturated heterocycles. The summed E-state index contributed by atoms with van der Waals surface area (Å²) in [6, 6.07) is 5.45. The normalized spacial score (nSPS) is 10.4. The van der Waals surface area contributed by atoms with Crippen LogP contribution in [0, 0.1) is 0 Å². The maximum Gasteiger partial charge on any atom is 0.294 e. The molecule has 61 valence electrons. The van der Waals surface area contributed by atoms with Crippen LogP contribution in [0.2, 0.25) is 0 Å². The largest absolute Gasteiger partial charge is 0.399 e. The van der Waals surface area contributed by atoms with Crippen LogP contribution >= 0.6 is 0 Å². The van der Waals surface area contributed by atoms with Gasteiger partial charge in [-0.15, -0.1) is 0 Å². The summed E-state index contributed by atoms with van der Waals surface area (Å²) in [5.41, 5.74) is 5.59. The summed E-state index contributed by atoms with van der Waals surface area (Å²) < 4.78 is 29.5. The third-order valence-electron chi connectivity index (χ3n) is 1.16. The van der Waals surface area contributed by atoms with Gasteiger partial charge in [0.15, 0.2) is 0 Å². The van der Waals surface area contributed by atoms with E-state index in [1.807, 2.05) is 0 Å². The minimum absolute atomic E-state index is 0. The Labute approximate surface area is 92.8 Å². The molecule has 0 unspecified atom stereocenters. The predicted octanol–water partition coefficient (Wildman–Crippen LogP) is 0.135. The minimum Gasteiger partial charge on any atom is -0.399 e. The average Bonchev–Trinajstić information content (AvgIpc) is 1.86. The van der Waals surface area contributed by atoms with Crippen LogP contribution in [-0.4, -0.2) is 42.5 Å². The van der Waals surface area contributed by atoms with E-state index in [-0.39, 0.29) is 34.5 Å². The first kappa shape index (κ1) is 11.9. The van der Waals surface area contributed by atoms with Crippen LogP contribution in [0.1, 0.15) is 0 Å². The van der Waals surface area contributed by atoms with Crippen LogP contribution in [0.15, 0.2) is 29.2 Å². The Kier molecular flexibility index (Phi) is 4.22. The molecule has 0 aromatic heterocycles. The molecule has 0 heterocycles. The minimum atomic E-state index is -4.11. The topological polar surface area (TPSA) is 80.4 Å². The molecule has 0 amide bonds. The van der Waals surface area contributed by atoms with Crippen LogP contribution in [0.5, 0.6) is 0 Å². The van der Waals surface area contributed by atoms with Crippen LogP contribution in [0.25, 0.3) is 0 Å². The van der Waals surface area contributed by atoms with E-state index in [0.717, 1.165) is 0 Å². The Morgan fingerprint density at radius 3 is 2.25 bits per heavy atom. The van der Waals surface area contributed by atoms with E-state index in [1.165, 1.54) is 24.3 Å². The quantitative estimate of drug-likeness (QED) is 0.380. The van der Waals surface area contributed by atoms with Crippen molar-refractivity contribution in [2.24, 2.45) is 0 Å². The number of hydrogen-bond donors (Lipinski definition) is 2. The van der Waals surface area contributed by atoms with Gasteiger partial charge in [0.25, 0.3) is 10.1 Å². The van der Waals surface area contributed by atoms with Gasteiger partial charge in [0, 0.05) is 35.2 Å². The fourth-order valence-electron chi connectivity index (χ4n) is 0.675. The third kappa shape index (κ3) is 3.12. The van der Waals surface area contributed by atoms with E-state index < -0.39 is 10.1 Å². The van der Waals surface area contributed by atoms with Crippen molar-refractivity contribution >= 4 is 45.4 Å². The van der Waals surface area contributed by atoms with E-state index >= 15 is 0 Å². The van der Waals surface area contributed by atoms with Gasteiger partial charge in [0.1, 0.15) is 0 Å². The maximum atomic E-state index is 10.5. The van der Waals surface area contributed by atoms with Gasteiger partial charge in [-0.05, 0) is 18.2 Å². The van der Waals surface area contributed by atoms with Crippen LogP contribution in [0.4, 0.5) is 5.69 Å². The van der Waals surface area contributed by atoms with Crippen molar-refractivity contribution < 1.29 is 13.0 Å². The molecule has 1 rings (SSSR count). The Morgan fingerprint density at radius 1 is 1.33 bits per heavy atom. The van der Waals surface area contributed by atoms with E-state index in [2.05, 4.69) is 0 Å². The van der Waals surface area contributed by atoms with Crippen molar-refractivity contribution in [3.05, 3.63) is 24.3 Å². The van der Waals surface area contributed by atoms with Crippen LogP contribution < -0.4 is 5.73 Å². The summed E-state index contributed by atoms with van der Waals surface area (Å²) in [4.78, 5) is -0.183. The summed E-state index contributed by atoms with van der Waals surface area (Å²) in [5, 5.41) is 0. The van der Waals surface area contributed by atoms with Gasteiger partial charge in [-0.1, -0.05) is 6.07 Å². The van der Waals surface area contributed by atoms with Gasteiger partial charge in [0.05, 0.1) is 4.90 Å². The zero-order chi connectivity index (χ0) is 8.48. The molecule has 0 fully saturated rings. The molecule has 6 heteroatoms. The molecular formula is C6H7NNaO3S. The third-order valence-corrected chi connectivity index (χ3v) is 2.01. The van der Waals surface area contributed by atoms with Gasteiger partial charge in [-0.3, -0.25) is 4.55 Å². The Bertz CT molecular complexity index is 363. The van der Waals surface area contributed by atoms with Crippen molar-refractivity contribution in [2.75, 3.05) is 5.73 Å². The van der Waals surface area contributed by atoms with Crippen molar-refractivity contribution in [3.63, 3.8) is 0 Å². The summed E-state index contributed by atoms with van der Waals surface area (Å²) in [7, 11) is -4.11. The number of hydrogen-bond acceptors (Lipinski definition) is 3. The zero-order valence-corrected chi connectivity index (χ0v) is 9.38. The maximum absolute atomic E-state index is 10.5. The van der Waals surface area contributed by atoms with Gasteiger partial charge in [-0.25, -0.2) is 0 Å². The van der Waals surface area contributed by atoms with Gasteiger partial charge in [0.2, 0.25) is 0 Å². The predicted molar refractivity (Wildman–Crippen MR) is 46.4 cm³/mol. The molecule has 0 spiro atoms. The second-order valence-electron chi connectivity index (χ2n) is 2.05. The molecule has 0 saturated carbocycles. The second kappa shape index (κ2) is 4.25. The summed E-state index contributed by atoms with van der Waals surface area (Å²) in [6.45, 7) is 0. The number of nitrogen functional groups attached to an aromatic ring is 1. The summed E-state index contributed by atoms with van der Waals surface area (Å²) in [6.07, 6.45) is 0. The van der Waals surface area contributed by atoms with Crippen molar-refractivity contribution in [1.29, 1.82) is 0 Å². The summed E-state index contributed by atoms with van der Waals surface area (Å²) >= 11 is 0. The molecule has 3 N–H and O–H groups in total. The molecule has 0 aliphatic rings. The molecule has 0 atom stereocenters. The summed E-state index contributed by atoms with van der Waals surface area (Å²) in [5.74, 6) is 0. The van der Waals surface area contributed by atoms with Crippen molar-refractivity contribution in [3.8, 4) is 0 Å². The molecule has 1 aromatic rings. The molecular weight excluding hydrogens is 189 g/mol. The molecule has 4 nitrogen and oxygen atoms in total. The van der Waals surface area contributed by atoms with E-state index in [1.54, 1.807) is 0 Å². The first-order chi connectivity index (χ1) is 5.00. The van der Waals surface area contributed by atoms with Crippen molar-refractivity contribution in [1.82, 2.24) is 0 Å². The monoisotopic (exact) mass is 196 g/mol. The number of benzene rings is 1. The molecule has 1 radical (unpaired) electrons. The number of rotatable bonds is 1.